The lowest BCUT2D eigenvalue weighted by Crippen LogP contribution is -2.23. The minimum absolute atomic E-state index is 0.0476. The number of hydrogen-bond donors (Lipinski definition) is 1. The second-order valence-corrected chi connectivity index (χ2v) is 8.04. The van der Waals surface area contributed by atoms with E-state index in [1.54, 1.807) is 14.0 Å². The highest BCUT2D eigenvalue weighted by Gasteiger charge is 2.25. The van der Waals surface area contributed by atoms with Crippen LogP contribution in [0.1, 0.15) is 32.5 Å². The highest BCUT2D eigenvalue weighted by molar-refractivity contribution is 7.17. The van der Waals surface area contributed by atoms with Gasteiger partial charge >= 0.3 is 11.9 Å². The average Bonchev–Trinajstić information content (AvgIpc) is 3.10. The van der Waals surface area contributed by atoms with E-state index in [1.807, 2.05) is 37.3 Å². The molecule has 32 heavy (non-hydrogen) atoms. The Morgan fingerprint density at radius 1 is 1.06 bits per heavy atom. The first kappa shape index (κ1) is 23.0. The van der Waals surface area contributed by atoms with Gasteiger partial charge in [-0.25, -0.2) is 9.59 Å². The van der Waals surface area contributed by atoms with Crippen LogP contribution in [-0.4, -0.2) is 35.6 Å². The van der Waals surface area contributed by atoms with E-state index in [1.165, 1.54) is 28.2 Å². The molecule has 1 amide bonds. The van der Waals surface area contributed by atoms with Gasteiger partial charge in [-0.1, -0.05) is 30.3 Å². The van der Waals surface area contributed by atoms with Crippen LogP contribution < -0.4 is 10.9 Å². The van der Waals surface area contributed by atoms with Crippen molar-refractivity contribution in [2.75, 3.05) is 18.5 Å². The Labute approximate surface area is 188 Å². The number of aryl methyl sites for hydroxylation is 2. The predicted molar refractivity (Wildman–Crippen MR) is 121 cm³/mol. The number of hydrogen-bond acceptors (Lipinski definition) is 7. The van der Waals surface area contributed by atoms with Crippen LogP contribution in [0.3, 0.4) is 0 Å². The molecule has 0 spiro atoms. The van der Waals surface area contributed by atoms with Gasteiger partial charge in [-0.05, 0) is 25.5 Å². The molecule has 166 valence electrons. The minimum atomic E-state index is -0.796. The number of thiophene rings is 1. The molecule has 0 aliphatic rings. The molecule has 8 nitrogen and oxygen atoms in total. The molecule has 0 bridgehead atoms. The second-order valence-electron chi connectivity index (χ2n) is 6.81. The Kier molecular flexibility index (Phi) is 7.21. The van der Waals surface area contributed by atoms with Crippen molar-refractivity contribution in [2.45, 2.75) is 13.8 Å². The summed E-state index contributed by atoms with van der Waals surface area (Å²) in [5, 5.41) is 2.96. The third-order valence-electron chi connectivity index (χ3n) is 4.55. The third kappa shape index (κ3) is 5.12. The highest BCUT2D eigenvalue weighted by Crippen LogP contribution is 2.40. The van der Waals surface area contributed by atoms with E-state index in [0.29, 0.717) is 10.6 Å². The number of carbonyl (C=O) groups excluding carboxylic acids is 3. The fourth-order valence-corrected chi connectivity index (χ4v) is 4.12. The van der Waals surface area contributed by atoms with Crippen LogP contribution in [-0.2, 0) is 21.3 Å². The van der Waals surface area contributed by atoms with Crippen molar-refractivity contribution in [1.29, 1.82) is 0 Å². The zero-order chi connectivity index (χ0) is 23.3. The van der Waals surface area contributed by atoms with E-state index in [0.717, 1.165) is 16.5 Å². The normalized spacial score (nSPS) is 10.5. The number of rotatable bonds is 7. The fourth-order valence-electron chi connectivity index (χ4n) is 3.04. The first-order valence-corrected chi connectivity index (χ1v) is 10.6. The monoisotopic (exact) mass is 454 g/mol. The number of amides is 1. The van der Waals surface area contributed by atoms with Gasteiger partial charge < -0.3 is 19.4 Å². The summed E-state index contributed by atoms with van der Waals surface area (Å²) in [5.41, 5.74) is 1.44. The van der Waals surface area contributed by atoms with E-state index in [9.17, 15) is 19.2 Å². The predicted octanol–water partition coefficient (Wildman–Crippen LogP) is 3.39. The molecule has 3 aromatic rings. The summed E-state index contributed by atoms with van der Waals surface area (Å²) in [6, 6.07) is 11.9. The second kappa shape index (κ2) is 10.1. The van der Waals surface area contributed by atoms with Crippen molar-refractivity contribution in [1.82, 2.24) is 4.57 Å². The van der Waals surface area contributed by atoms with E-state index in [4.69, 9.17) is 9.47 Å². The van der Waals surface area contributed by atoms with Crippen LogP contribution >= 0.6 is 11.3 Å². The van der Waals surface area contributed by atoms with Crippen molar-refractivity contribution in [3.05, 3.63) is 75.0 Å². The van der Waals surface area contributed by atoms with Crippen LogP contribution in [0.25, 0.3) is 11.1 Å². The zero-order valence-electron chi connectivity index (χ0n) is 17.8. The Balaban J connectivity index is 1.79. The molecule has 0 atom stereocenters. The molecular weight excluding hydrogens is 432 g/mol. The van der Waals surface area contributed by atoms with Crippen LogP contribution in [0.2, 0.25) is 0 Å². The largest absolute Gasteiger partial charge is 0.462 e. The van der Waals surface area contributed by atoms with Crippen molar-refractivity contribution in [3.8, 4) is 11.1 Å². The lowest BCUT2D eigenvalue weighted by molar-refractivity contribution is -0.119. The van der Waals surface area contributed by atoms with Crippen LogP contribution in [0.4, 0.5) is 5.00 Å². The summed E-state index contributed by atoms with van der Waals surface area (Å²) in [6.07, 6.45) is 1.43. The van der Waals surface area contributed by atoms with Crippen molar-refractivity contribution in [2.24, 2.45) is 7.05 Å². The summed E-state index contributed by atoms with van der Waals surface area (Å²) in [4.78, 5) is 49.8. The van der Waals surface area contributed by atoms with Gasteiger partial charge in [0.2, 0.25) is 0 Å². The van der Waals surface area contributed by atoms with Gasteiger partial charge in [-0.15, -0.1) is 11.3 Å². The van der Waals surface area contributed by atoms with Crippen LogP contribution in [0.15, 0.2) is 53.5 Å². The molecule has 3 rings (SSSR count). The fraction of sp³-hybridized carbons (Fsp3) is 0.217. The molecule has 0 saturated carbocycles. The van der Waals surface area contributed by atoms with Crippen LogP contribution in [0, 0.1) is 6.92 Å². The molecule has 0 aliphatic heterocycles. The molecule has 0 unspecified atom stereocenters. The maximum atomic E-state index is 12.7. The number of benzene rings is 1. The zero-order valence-corrected chi connectivity index (χ0v) is 18.7. The number of aromatic nitrogens is 1. The van der Waals surface area contributed by atoms with E-state index >= 15 is 0 Å². The number of esters is 2. The van der Waals surface area contributed by atoms with Gasteiger partial charge in [-0.3, -0.25) is 9.59 Å². The molecule has 1 aromatic carbocycles. The van der Waals surface area contributed by atoms with Crippen molar-refractivity contribution in [3.63, 3.8) is 0 Å². The number of carbonyl (C=O) groups is 3. The van der Waals surface area contributed by atoms with E-state index < -0.39 is 24.5 Å². The number of nitrogens with zero attached hydrogens (tertiary/aromatic N) is 1. The summed E-state index contributed by atoms with van der Waals surface area (Å²) >= 11 is 1.24. The summed E-state index contributed by atoms with van der Waals surface area (Å²) in [7, 11) is 1.55. The maximum Gasteiger partial charge on any atom is 0.341 e. The van der Waals surface area contributed by atoms with Gasteiger partial charge in [0.1, 0.15) is 10.6 Å². The third-order valence-corrected chi connectivity index (χ3v) is 5.57. The average molecular weight is 455 g/mol. The standard InChI is InChI=1S/C23H22N2O6S/c1-4-30-23(29)20-19(15-8-6-5-7-9-15)14(2)32-21(20)24-17(26)13-31-22(28)16-10-11-25(3)18(27)12-16/h5-12H,4,13H2,1-3H3,(H,24,26). The number of nitrogens with one attached hydrogen (secondary N) is 1. The molecule has 9 heteroatoms. The Bertz CT molecular complexity index is 1210. The quantitative estimate of drug-likeness (QED) is 0.549. The van der Waals surface area contributed by atoms with Gasteiger partial charge in [0.05, 0.1) is 12.2 Å². The molecule has 0 fully saturated rings. The molecule has 2 heterocycles. The van der Waals surface area contributed by atoms with Gasteiger partial charge in [0.25, 0.3) is 11.5 Å². The molecule has 0 saturated heterocycles. The number of ether oxygens (including phenoxy) is 2. The highest BCUT2D eigenvalue weighted by atomic mass is 32.1. The lowest BCUT2D eigenvalue weighted by Gasteiger charge is -2.09. The molecule has 0 aliphatic carbocycles. The van der Waals surface area contributed by atoms with E-state index in [2.05, 4.69) is 5.32 Å². The Morgan fingerprint density at radius 2 is 1.78 bits per heavy atom. The van der Waals surface area contributed by atoms with Crippen molar-refractivity contribution < 1.29 is 23.9 Å². The molecule has 2 aromatic heterocycles. The van der Waals surface area contributed by atoms with Gasteiger partial charge in [0.15, 0.2) is 6.61 Å². The summed E-state index contributed by atoms with van der Waals surface area (Å²) in [5.74, 6) is -1.97. The summed E-state index contributed by atoms with van der Waals surface area (Å²) in [6.45, 7) is 3.16. The van der Waals surface area contributed by atoms with Gasteiger partial charge in [0, 0.05) is 29.8 Å². The number of anilines is 1. The Morgan fingerprint density at radius 3 is 2.44 bits per heavy atom. The van der Waals surface area contributed by atoms with Crippen molar-refractivity contribution >= 4 is 34.2 Å². The topological polar surface area (TPSA) is 104 Å². The smallest absolute Gasteiger partial charge is 0.341 e. The first-order chi connectivity index (χ1) is 15.3. The minimum Gasteiger partial charge on any atom is -0.462 e. The van der Waals surface area contributed by atoms with Gasteiger partial charge in [-0.2, -0.15) is 0 Å². The lowest BCUT2D eigenvalue weighted by atomic mass is 10.0. The Hall–Kier alpha value is -3.72. The molecule has 1 N–H and O–H groups in total. The number of pyridine rings is 1. The molecular formula is C23H22N2O6S. The first-order valence-electron chi connectivity index (χ1n) is 9.81. The molecule has 0 radical (unpaired) electrons. The summed E-state index contributed by atoms with van der Waals surface area (Å²) < 4.78 is 11.5. The SMILES string of the molecule is CCOC(=O)c1c(NC(=O)COC(=O)c2ccn(C)c(=O)c2)sc(C)c1-c1ccccc1. The van der Waals surface area contributed by atoms with Crippen LogP contribution in [0.5, 0.6) is 0 Å². The van der Waals surface area contributed by atoms with E-state index in [-0.39, 0.29) is 23.3 Å². The maximum absolute atomic E-state index is 12.7.